The van der Waals surface area contributed by atoms with E-state index in [0.29, 0.717) is 17.9 Å². The van der Waals surface area contributed by atoms with Gasteiger partial charge in [0.15, 0.2) is 0 Å². The highest BCUT2D eigenvalue weighted by Crippen LogP contribution is 2.61. The van der Waals surface area contributed by atoms with E-state index in [-0.39, 0.29) is 24.2 Å². The number of ether oxygens (including phenoxy) is 2. The van der Waals surface area contributed by atoms with Crippen LogP contribution < -0.4 is 4.72 Å². The molecular weight excluding hydrogens is 434 g/mol. The van der Waals surface area contributed by atoms with E-state index in [4.69, 9.17) is 14.7 Å². The minimum Gasteiger partial charge on any atom is -0.453 e. The molecule has 0 radical (unpaired) electrons. The lowest BCUT2D eigenvalue weighted by Gasteiger charge is -2.32. The van der Waals surface area contributed by atoms with Crippen LogP contribution in [-0.4, -0.2) is 73.6 Å². The predicted molar refractivity (Wildman–Crippen MR) is 114 cm³/mol. The number of methoxy groups -OCH3 is 1. The van der Waals surface area contributed by atoms with Gasteiger partial charge in [-0.05, 0) is 44.9 Å². The van der Waals surface area contributed by atoms with E-state index in [9.17, 15) is 13.2 Å². The molecule has 2 aliphatic carbocycles. The van der Waals surface area contributed by atoms with E-state index in [1.54, 1.807) is 17.3 Å². The number of nitrogens with zero attached hydrogens (tertiary/aromatic N) is 4. The first-order chi connectivity index (χ1) is 15.2. The van der Waals surface area contributed by atoms with Crippen molar-refractivity contribution < 1.29 is 22.7 Å². The van der Waals surface area contributed by atoms with E-state index in [1.165, 1.54) is 7.11 Å². The number of nitrogens with one attached hydrogen (secondary N) is 1. The molecule has 2 heterocycles. The maximum atomic E-state index is 12.3. The number of aromatic nitrogens is 2. The lowest BCUT2D eigenvalue weighted by atomic mass is 9.86. The van der Waals surface area contributed by atoms with Gasteiger partial charge in [-0.3, -0.25) is 4.90 Å². The highest BCUT2D eigenvalue weighted by Gasteiger charge is 2.60. The van der Waals surface area contributed by atoms with Gasteiger partial charge in [-0.25, -0.2) is 27.9 Å². The summed E-state index contributed by atoms with van der Waals surface area (Å²) in [5.74, 6) is 1.23. The van der Waals surface area contributed by atoms with Gasteiger partial charge in [0, 0.05) is 29.9 Å². The Kier molecular flexibility index (Phi) is 6.13. The molecule has 1 aromatic heterocycles. The van der Waals surface area contributed by atoms with Crippen molar-refractivity contribution in [3.8, 4) is 6.07 Å². The molecule has 0 aromatic carbocycles. The number of fused-ring (bicyclic) bond motifs is 1. The number of hydrogen-bond acceptors (Lipinski definition) is 8. The lowest BCUT2D eigenvalue weighted by molar-refractivity contribution is -0.0103. The van der Waals surface area contributed by atoms with Gasteiger partial charge in [0.05, 0.1) is 37.7 Å². The Hall–Kier alpha value is -2.29. The van der Waals surface area contributed by atoms with Crippen molar-refractivity contribution in [3.63, 3.8) is 0 Å². The molecule has 1 unspecified atom stereocenters. The van der Waals surface area contributed by atoms with Crippen molar-refractivity contribution in [2.45, 2.75) is 68.7 Å². The molecular formula is C21H29N5O5S. The average Bonchev–Trinajstić information content (AvgIpc) is 3.41. The Balaban J connectivity index is 1.39. The third kappa shape index (κ3) is 4.44. The van der Waals surface area contributed by atoms with Crippen molar-refractivity contribution >= 4 is 16.1 Å². The molecule has 0 spiro atoms. The summed E-state index contributed by atoms with van der Waals surface area (Å²) < 4.78 is 37.5. The van der Waals surface area contributed by atoms with Crippen molar-refractivity contribution in [1.29, 1.82) is 5.26 Å². The zero-order chi connectivity index (χ0) is 23.1. The molecule has 6 atom stereocenters. The van der Waals surface area contributed by atoms with Crippen LogP contribution in [0.4, 0.5) is 4.79 Å². The van der Waals surface area contributed by atoms with Gasteiger partial charge in [0.25, 0.3) is 0 Å². The minimum absolute atomic E-state index is 0.0197. The highest BCUT2D eigenvalue weighted by atomic mass is 32.2. The Labute approximate surface area is 188 Å². The van der Waals surface area contributed by atoms with E-state index in [1.807, 2.05) is 13.0 Å². The van der Waals surface area contributed by atoms with Gasteiger partial charge in [0.2, 0.25) is 10.0 Å². The molecule has 3 fully saturated rings. The number of amides is 1. The van der Waals surface area contributed by atoms with Crippen LogP contribution >= 0.6 is 0 Å². The van der Waals surface area contributed by atoms with Crippen molar-refractivity contribution in [2.75, 3.05) is 20.0 Å². The second-order valence-corrected chi connectivity index (χ2v) is 11.0. The number of likely N-dealkylation sites (tertiary alicyclic amines) is 1. The number of carbonyl (C=O) groups is 1. The van der Waals surface area contributed by atoms with Crippen LogP contribution in [0, 0.1) is 17.2 Å². The second kappa shape index (κ2) is 8.57. The summed E-state index contributed by atoms with van der Waals surface area (Å²) in [7, 11) is -2.10. The quantitative estimate of drug-likeness (QED) is 0.667. The van der Waals surface area contributed by atoms with Crippen LogP contribution in [0.15, 0.2) is 12.4 Å². The molecule has 1 aliphatic heterocycles. The fourth-order valence-corrected chi connectivity index (χ4v) is 6.25. The van der Waals surface area contributed by atoms with E-state index < -0.39 is 28.2 Å². The standard InChI is InChI=1S/C21H29N5O5S/c1-13-6-17(25-32(3,28)29)18(26(13)20(27)30-2)12-31-16-4-5-21(8-15(21)7-16)19-23-10-14(9-22)11-24-19/h10-11,13,15-18,25H,4-8,12H2,1-3H3/t13-,15?,16-,17+,18+,21+/m1/s1. The SMILES string of the molecule is COC(=O)N1[C@H](C)C[C@H](NS(C)(=O)=O)[C@@H]1CO[C@@H]1CC[C@]2(c3ncc(C#N)cn3)CC2C1. The van der Waals surface area contributed by atoms with Crippen molar-refractivity contribution in [1.82, 2.24) is 19.6 Å². The molecule has 3 aliphatic rings. The summed E-state index contributed by atoms with van der Waals surface area (Å²) in [4.78, 5) is 22.7. The first kappa shape index (κ1) is 22.9. The highest BCUT2D eigenvalue weighted by molar-refractivity contribution is 7.88. The van der Waals surface area contributed by atoms with Crippen LogP contribution in [0.2, 0.25) is 0 Å². The summed E-state index contributed by atoms with van der Waals surface area (Å²) in [6.45, 7) is 2.12. The Morgan fingerprint density at radius 2 is 2.09 bits per heavy atom. The number of carbonyl (C=O) groups excluding carboxylic acids is 1. The second-order valence-electron chi connectivity index (χ2n) is 9.22. The zero-order valence-corrected chi connectivity index (χ0v) is 19.3. The topological polar surface area (TPSA) is 135 Å². The van der Waals surface area contributed by atoms with Crippen LogP contribution in [-0.2, 0) is 24.9 Å². The zero-order valence-electron chi connectivity index (χ0n) is 18.5. The van der Waals surface area contributed by atoms with Crippen LogP contribution in [0.5, 0.6) is 0 Å². The maximum Gasteiger partial charge on any atom is 0.410 e. The smallest absolute Gasteiger partial charge is 0.410 e. The van der Waals surface area contributed by atoms with Crippen LogP contribution in [0.3, 0.4) is 0 Å². The molecule has 174 valence electrons. The molecule has 2 saturated carbocycles. The average molecular weight is 464 g/mol. The summed E-state index contributed by atoms with van der Waals surface area (Å²) >= 11 is 0. The molecule has 10 nitrogen and oxygen atoms in total. The van der Waals surface area contributed by atoms with Gasteiger partial charge in [0.1, 0.15) is 11.9 Å². The monoisotopic (exact) mass is 463 g/mol. The molecule has 1 saturated heterocycles. The Bertz CT molecular complexity index is 1010. The molecule has 1 aromatic rings. The van der Waals surface area contributed by atoms with Gasteiger partial charge in [-0.2, -0.15) is 5.26 Å². The van der Waals surface area contributed by atoms with Crippen molar-refractivity contribution in [2.24, 2.45) is 5.92 Å². The third-order valence-corrected chi connectivity index (χ3v) is 7.79. The van der Waals surface area contributed by atoms with Crippen LogP contribution in [0.25, 0.3) is 0 Å². The molecule has 0 bridgehead atoms. The number of nitriles is 1. The van der Waals surface area contributed by atoms with Gasteiger partial charge in [-0.1, -0.05) is 0 Å². The molecule has 4 rings (SSSR count). The van der Waals surface area contributed by atoms with Crippen LogP contribution in [0.1, 0.15) is 50.4 Å². The molecule has 1 N–H and O–H groups in total. The number of sulfonamides is 1. The maximum absolute atomic E-state index is 12.3. The van der Waals surface area contributed by atoms with E-state index in [2.05, 4.69) is 14.7 Å². The van der Waals surface area contributed by atoms with Gasteiger partial charge >= 0.3 is 6.09 Å². The molecule has 11 heteroatoms. The fourth-order valence-electron chi connectivity index (χ4n) is 5.44. The first-order valence-electron chi connectivity index (χ1n) is 10.8. The van der Waals surface area contributed by atoms with Gasteiger partial charge in [-0.15, -0.1) is 0 Å². The minimum atomic E-state index is -3.43. The normalized spacial score (nSPS) is 33.9. The Morgan fingerprint density at radius 3 is 2.69 bits per heavy atom. The summed E-state index contributed by atoms with van der Waals surface area (Å²) in [5.41, 5.74) is 0.436. The molecule has 32 heavy (non-hydrogen) atoms. The number of rotatable bonds is 6. The summed E-state index contributed by atoms with van der Waals surface area (Å²) in [5, 5.41) is 8.95. The first-order valence-corrected chi connectivity index (χ1v) is 12.7. The lowest BCUT2D eigenvalue weighted by Crippen LogP contribution is -2.50. The molecule has 1 amide bonds. The predicted octanol–water partition coefficient (Wildman–Crippen LogP) is 1.32. The summed E-state index contributed by atoms with van der Waals surface area (Å²) in [6.07, 6.45) is 7.94. The van der Waals surface area contributed by atoms with Gasteiger partial charge < -0.3 is 9.47 Å². The van der Waals surface area contributed by atoms with E-state index >= 15 is 0 Å². The fraction of sp³-hybridized carbons (Fsp3) is 0.714. The Morgan fingerprint density at radius 1 is 1.38 bits per heavy atom. The van der Waals surface area contributed by atoms with E-state index in [0.717, 1.165) is 37.8 Å². The number of hydrogen-bond donors (Lipinski definition) is 1. The largest absolute Gasteiger partial charge is 0.453 e. The van der Waals surface area contributed by atoms with Crippen molar-refractivity contribution in [3.05, 3.63) is 23.8 Å². The summed E-state index contributed by atoms with van der Waals surface area (Å²) in [6, 6.07) is 1.03. The third-order valence-electron chi connectivity index (χ3n) is 7.06.